The van der Waals surface area contributed by atoms with Crippen LogP contribution in [0, 0.1) is 5.92 Å². The Hall–Kier alpha value is -2.70. The maximum atomic E-state index is 12.2. The number of rotatable bonds is 7. The van der Waals surface area contributed by atoms with Gasteiger partial charge >= 0.3 is 0 Å². The zero-order chi connectivity index (χ0) is 16.8. The van der Waals surface area contributed by atoms with Gasteiger partial charge in [0.25, 0.3) is 5.89 Å². The Morgan fingerprint density at radius 3 is 2.78 bits per heavy atom. The minimum absolute atomic E-state index is 0.0306. The van der Waals surface area contributed by atoms with E-state index in [0.717, 1.165) is 6.29 Å². The van der Waals surface area contributed by atoms with Crippen LogP contribution >= 0.6 is 0 Å². The lowest BCUT2D eigenvalue weighted by Crippen LogP contribution is -2.40. The maximum absolute atomic E-state index is 12.2. The molecule has 1 N–H and O–H groups in total. The third-order valence-electron chi connectivity index (χ3n) is 3.43. The largest absolute Gasteiger partial charge is 0.496 e. The van der Waals surface area contributed by atoms with Gasteiger partial charge in [-0.1, -0.05) is 19.0 Å². The van der Waals surface area contributed by atoms with Gasteiger partial charge in [0.1, 0.15) is 12.0 Å². The van der Waals surface area contributed by atoms with Gasteiger partial charge in [-0.05, 0) is 24.1 Å². The molecule has 1 unspecified atom stereocenters. The molecule has 1 aromatic heterocycles. The normalized spacial score (nSPS) is 12.0. The van der Waals surface area contributed by atoms with E-state index >= 15 is 0 Å². The number of nitrogens with one attached hydrogen (secondary N) is 1. The van der Waals surface area contributed by atoms with Gasteiger partial charge in [-0.15, -0.1) is 0 Å². The highest BCUT2D eigenvalue weighted by atomic mass is 16.5. The van der Waals surface area contributed by atoms with Gasteiger partial charge < -0.3 is 19.4 Å². The Bertz CT molecular complexity index is 668. The van der Waals surface area contributed by atoms with Gasteiger partial charge in [-0.3, -0.25) is 4.79 Å². The highest BCUT2D eigenvalue weighted by Gasteiger charge is 2.17. The number of hydrogen-bond donors (Lipinski definition) is 1. The fourth-order valence-electron chi connectivity index (χ4n) is 2.12. The van der Waals surface area contributed by atoms with E-state index in [1.54, 1.807) is 18.2 Å². The number of benzene rings is 1. The molecule has 2 aromatic rings. The Balaban J connectivity index is 2.19. The summed E-state index contributed by atoms with van der Waals surface area (Å²) in [6, 6.07) is 4.77. The van der Waals surface area contributed by atoms with E-state index in [-0.39, 0.29) is 18.2 Å². The van der Waals surface area contributed by atoms with Crippen molar-refractivity contribution in [2.24, 2.45) is 5.92 Å². The molecule has 0 radical (unpaired) electrons. The second-order valence-corrected chi connectivity index (χ2v) is 5.42. The third-order valence-corrected chi connectivity index (χ3v) is 3.43. The zero-order valence-corrected chi connectivity index (χ0v) is 13.3. The van der Waals surface area contributed by atoms with Gasteiger partial charge in [-0.25, -0.2) is 0 Å². The van der Waals surface area contributed by atoms with E-state index in [2.05, 4.69) is 15.5 Å². The lowest BCUT2D eigenvalue weighted by molar-refractivity contribution is -0.124. The fourth-order valence-corrected chi connectivity index (χ4v) is 2.12. The van der Waals surface area contributed by atoms with Crippen LogP contribution in [0.2, 0.25) is 0 Å². The van der Waals surface area contributed by atoms with Crippen molar-refractivity contribution >= 4 is 12.2 Å². The Morgan fingerprint density at radius 2 is 2.22 bits per heavy atom. The van der Waals surface area contributed by atoms with E-state index in [1.165, 1.54) is 13.4 Å². The number of ether oxygens (including phenoxy) is 1. The topological polar surface area (TPSA) is 94.3 Å². The van der Waals surface area contributed by atoms with E-state index in [1.807, 2.05) is 13.8 Å². The van der Waals surface area contributed by atoms with Crippen molar-refractivity contribution in [3.63, 3.8) is 0 Å². The maximum Gasteiger partial charge on any atom is 0.257 e. The van der Waals surface area contributed by atoms with Crippen LogP contribution < -0.4 is 10.1 Å². The van der Waals surface area contributed by atoms with Crippen LogP contribution in [0.3, 0.4) is 0 Å². The molecule has 122 valence electrons. The molecule has 1 heterocycles. The van der Waals surface area contributed by atoms with E-state index < -0.39 is 6.04 Å². The first-order valence-electron chi connectivity index (χ1n) is 7.23. The smallest absolute Gasteiger partial charge is 0.257 e. The molecule has 0 fully saturated rings. The van der Waals surface area contributed by atoms with Crippen molar-refractivity contribution in [1.29, 1.82) is 0 Å². The highest BCUT2D eigenvalue weighted by Crippen LogP contribution is 2.25. The lowest BCUT2D eigenvalue weighted by atomic mass is 10.0. The van der Waals surface area contributed by atoms with Gasteiger partial charge in [0.15, 0.2) is 6.33 Å². The molecule has 0 saturated carbocycles. The van der Waals surface area contributed by atoms with Gasteiger partial charge in [0, 0.05) is 11.1 Å². The second kappa shape index (κ2) is 7.53. The second-order valence-electron chi connectivity index (χ2n) is 5.42. The van der Waals surface area contributed by atoms with E-state index in [9.17, 15) is 9.59 Å². The predicted molar refractivity (Wildman–Crippen MR) is 82.8 cm³/mol. The number of aromatic nitrogens is 2. The minimum atomic E-state index is -0.507. The summed E-state index contributed by atoms with van der Waals surface area (Å²) < 4.78 is 10.3. The predicted octanol–water partition coefficient (Wildman–Crippen LogP) is 1.63. The summed E-state index contributed by atoms with van der Waals surface area (Å²) >= 11 is 0. The Kier molecular flexibility index (Phi) is 5.46. The molecule has 7 heteroatoms. The summed E-state index contributed by atoms with van der Waals surface area (Å²) in [6.45, 7) is 3.74. The molecule has 0 aliphatic heterocycles. The lowest BCUT2D eigenvalue weighted by Gasteiger charge is -2.17. The van der Waals surface area contributed by atoms with Crippen LogP contribution in [-0.4, -0.2) is 35.5 Å². The number of carbonyl (C=O) groups excluding carboxylic acids is 2. The summed E-state index contributed by atoms with van der Waals surface area (Å²) in [5.41, 5.74) is 1.37. The van der Waals surface area contributed by atoms with E-state index in [4.69, 9.17) is 9.26 Å². The molecule has 0 bridgehead atoms. The first kappa shape index (κ1) is 16.7. The standard InChI is InChI=1S/C16H19N3O4/c1-10(2)13(8-20)19-15(21)7-12-6-11(4-5-14(12)22-3)16-17-9-18-23-16/h4-6,8-10,13H,7H2,1-3H3,(H,19,21). The quantitative estimate of drug-likeness (QED) is 0.780. The zero-order valence-electron chi connectivity index (χ0n) is 13.3. The molecule has 23 heavy (non-hydrogen) atoms. The molecular formula is C16H19N3O4. The van der Waals surface area contributed by atoms with Crippen LogP contribution in [-0.2, 0) is 16.0 Å². The number of nitrogens with zero attached hydrogens (tertiary/aromatic N) is 2. The van der Waals surface area contributed by atoms with Crippen molar-refractivity contribution in [3.8, 4) is 17.2 Å². The van der Waals surface area contributed by atoms with Crippen molar-refractivity contribution < 1.29 is 18.8 Å². The fraction of sp³-hybridized carbons (Fsp3) is 0.375. The van der Waals surface area contributed by atoms with Crippen LogP contribution in [0.15, 0.2) is 29.0 Å². The van der Waals surface area contributed by atoms with Gasteiger partial charge in [-0.2, -0.15) is 4.98 Å². The summed E-state index contributed by atoms with van der Waals surface area (Å²) in [5, 5.41) is 6.27. The number of aldehydes is 1. The Morgan fingerprint density at radius 1 is 1.43 bits per heavy atom. The van der Waals surface area contributed by atoms with Crippen molar-refractivity contribution in [3.05, 3.63) is 30.1 Å². The first-order chi connectivity index (χ1) is 11.0. The van der Waals surface area contributed by atoms with Crippen LogP contribution in [0.25, 0.3) is 11.5 Å². The molecule has 1 amide bonds. The third kappa shape index (κ3) is 4.15. The highest BCUT2D eigenvalue weighted by molar-refractivity contribution is 5.82. The van der Waals surface area contributed by atoms with E-state index in [0.29, 0.717) is 22.8 Å². The molecule has 0 saturated heterocycles. The van der Waals surface area contributed by atoms with Crippen molar-refractivity contribution in [2.45, 2.75) is 26.3 Å². The van der Waals surface area contributed by atoms with Crippen molar-refractivity contribution in [2.75, 3.05) is 7.11 Å². The average Bonchev–Trinajstić information content (AvgIpc) is 3.06. The van der Waals surface area contributed by atoms with Crippen molar-refractivity contribution in [1.82, 2.24) is 15.5 Å². The number of amides is 1. The summed E-state index contributed by atoms with van der Waals surface area (Å²) in [4.78, 5) is 27.2. The molecule has 1 aromatic carbocycles. The molecule has 2 rings (SSSR count). The molecular weight excluding hydrogens is 298 g/mol. The molecule has 7 nitrogen and oxygen atoms in total. The first-order valence-corrected chi connectivity index (χ1v) is 7.23. The van der Waals surface area contributed by atoms with Gasteiger partial charge in [0.05, 0.1) is 19.6 Å². The van der Waals surface area contributed by atoms with Crippen LogP contribution in [0.1, 0.15) is 19.4 Å². The van der Waals surface area contributed by atoms with Crippen LogP contribution in [0.5, 0.6) is 5.75 Å². The SMILES string of the molecule is COc1ccc(-c2ncno2)cc1CC(=O)NC(C=O)C(C)C. The average molecular weight is 317 g/mol. The van der Waals surface area contributed by atoms with Crippen LogP contribution in [0.4, 0.5) is 0 Å². The summed E-state index contributed by atoms with van der Waals surface area (Å²) in [5.74, 6) is 0.720. The monoisotopic (exact) mass is 317 g/mol. The van der Waals surface area contributed by atoms with Gasteiger partial charge in [0.2, 0.25) is 5.91 Å². The molecule has 0 aliphatic carbocycles. The Labute approximate surface area is 134 Å². The molecule has 0 aliphatic rings. The minimum Gasteiger partial charge on any atom is -0.496 e. The molecule has 1 atom stereocenters. The number of carbonyl (C=O) groups is 2. The number of methoxy groups -OCH3 is 1. The summed E-state index contributed by atoms with van der Waals surface area (Å²) in [7, 11) is 1.53. The molecule has 0 spiro atoms. The summed E-state index contributed by atoms with van der Waals surface area (Å²) in [6.07, 6.45) is 2.14. The number of hydrogen-bond acceptors (Lipinski definition) is 6.